The molecule has 2 rings (SSSR count). The molecule has 2 heterocycles. The van der Waals surface area contributed by atoms with Crippen molar-refractivity contribution in [1.29, 1.82) is 0 Å². The van der Waals surface area contributed by atoms with E-state index in [-0.39, 0.29) is 81.4 Å². The van der Waals surface area contributed by atoms with Crippen LogP contribution in [0.3, 0.4) is 0 Å². The number of carbonyl (C=O) groups is 3. The summed E-state index contributed by atoms with van der Waals surface area (Å²) in [4.78, 5) is 47.4. The van der Waals surface area contributed by atoms with E-state index in [0.29, 0.717) is 71.6 Å². The Balaban J connectivity index is 2.13. The highest BCUT2D eigenvalue weighted by molar-refractivity contribution is 5.78. The van der Waals surface area contributed by atoms with Gasteiger partial charge >= 0.3 is 0 Å². The van der Waals surface area contributed by atoms with Gasteiger partial charge in [-0.25, -0.2) is 0 Å². The Hall–Kier alpha value is -1.95. The molecule has 4 N–H and O–H groups in total. The Morgan fingerprint density at radius 1 is 0.793 bits per heavy atom. The van der Waals surface area contributed by atoms with Gasteiger partial charge in [-0.3, -0.25) is 24.5 Å². The van der Waals surface area contributed by atoms with E-state index in [1.54, 1.807) is 9.96 Å². The van der Waals surface area contributed by atoms with Gasteiger partial charge in [0.15, 0.2) is 0 Å². The van der Waals surface area contributed by atoms with Gasteiger partial charge in [0.1, 0.15) is 6.23 Å². The number of nitrogens with zero attached hydrogens (tertiary/aromatic N) is 2. The molecule has 4 atom stereocenters. The van der Waals surface area contributed by atoms with Crippen LogP contribution >= 0.6 is 0 Å². The van der Waals surface area contributed by atoms with E-state index in [2.05, 4.69) is 22.9 Å². The number of aliphatic hydroxyl groups is 1. The van der Waals surface area contributed by atoms with Crippen molar-refractivity contribution in [1.82, 2.24) is 25.9 Å². The molecule has 2 aliphatic heterocycles. The number of fused-ring (bicyclic) bond motifs is 1. The Labute approximate surface area is 350 Å². The van der Waals surface area contributed by atoms with Gasteiger partial charge in [-0.05, 0) is 108 Å². The van der Waals surface area contributed by atoms with Gasteiger partial charge in [-0.1, -0.05) is 13.8 Å². The van der Waals surface area contributed by atoms with E-state index in [9.17, 15) is 19.5 Å². The van der Waals surface area contributed by atoms with Gasteiger partial charge in [0.05, 0.1) is 67.1 Å². The molecule has 0 aromatic heterocycles. The van der Waals surface area contributed by atoms with Crippen LogP contribution in [-0.4, -0.2) is 139 Å². The minimum absolute atomic E-state index is 0.0358. The predicted octanol–water partition coefficient (Wildman–Crippen LogP) is 4.89. The summed E-state index contributed by atoms with van der Waals surface area (Å²) in [6.07, 6.45) is 2.53. The standard InChI is InChI=1S/C43H83N5O10/c1-14-53-28-20-41(8,9)54-27-17-36(51)47-25-23-44-34(49)15-18-39(4,5)55-29-21-42(10,11)57-31-46-37-32(2)33(3)38(52)48(37)58-43(12,13)22-30-56-40(6,7)19-16-35(50)45-24-26-47/h32-33,37-38,46,52H,14-31H2,1-13H3,(H,44,49)(H,45,50)/t32-,33+,37?,38?/m1/s1. The van der Waals surface area contributed by atoms with Crippen molar-refractivity contribution in [2.45, 2.75) is 182 Å². The first kappa shape index (κ1) is 52.2. The van der Waals surface area contributed by atoms with Gasteiger partial charge in [-0.15, -0.1) is 5.06 Å². The predicted molar refractivity (Wildman–Crippen MR) is 224 cm³/mol. The highest BCUT2D eigenvalue weighted by Crippen LogP contribution is 2.35. The summed E-state index contributed by atoms with van der Waals surface area (Å²) in [6.45, 7) is 29.6. The molecule has 0 aromatic carbocycles. The van der Waals surface area contributed by atoms with E-state index in [1.165, 1.54) is 0 Å². The highest BCUT2D eigenvalue weighted by atomic mass is 16.7. The molecule has 15 heteroatoms. The van der Waals surface area contributed by atoms with Crippen LogP contribution in [0.15, 0.2) is 0 Å². The van der Waals surface area contributed by atoms with Crippen LogP contribution < -0.4 is 16.0 Å². The fourth-order valence-electron chi connectivity index (χ4n) is 6.72. The maximum Gasteiger partial charge on any atom is 0.225 e. The summed E-state index contributed by atoms with van der Waals surface area (Å²) in [5, 5.41) is 22.2. The fraction of sp³-hybridized carbons (Fsp3) is 0.930. The van der Waals surface area contributed by atoms with Crippen LogP contribution in [0.25, 0.3) is 0 Å². The second-order valence-electron chi connectivity index (χ2n) is 19.1. The molecule has 58 heavy (non-hydrogen) atoms. The monoisotopic (exact) mass is 830 g/mol. The second-order valence-corrected chi connectivity index (χ2v) is 19.1. The number of amides is 3. The molecular formula is C43H83N5O10. The lowest BCUT2D eigenvalue weighted by atomic mass is 9.97. The van der Waals surface area contributed by atoms with Crippen molar-refractivity contribution in [3.8, 4) is 0 Å². The van der Waals surface area contributed by atoms with E-state index in [4.69, 9.17) is 28.5 Å². The number of hydrogen-bond donors (Lipinski definition) is 4. The average Bonchev–Trinajstić information content (AvgIpc) is 3.30. The molecule has 0 bridgehead atoms. The van der Waals surface area contributed by atoms with Crippen LogP contribution in [0.4, 0.5) is 0 Å². The first-order valence-corrected chi connectivity index (χ1v) is 21.7. The van der Waals surface area contributed by atoms with Crippen molar-refractivity contribution in [2.24, 2.45) is 11.8 Å². The third-order valence-electron chi connectivity index (χ3n) is 11.4. The maximum atomic E-state index is 13.4. The molecule has 2 aliphatic rings. The summed E-state index contributed by atoms with van der Waals surface area (Å²) >= 11 is 0. The molecule has 0 spiro atoms. The summed E-state index contributed by atoms with van der Waals surface area (Å²) in [5.41, 5.74) is -2.71. The first-order chi connectivity index (χ1) is 26.9. The SMILES string of the molecule is CCOCCC(C)(C)OCCC(=O)N1CCNC(=O)CCC(C)(C)OCCC(C)(C)OCNC2[C@H](C)[C@H](C)C(O)N2OC(C)(C)CCOC(C)(C)CCC(=O)NCC1. The van der Waals surface area contributed by atoms with Gasteiger partial charge in [-0.2, -0.15) is 0 Å². The first-order valence-electron chi connectivity index (χ1n) is 21.7. The lowest BCUT2D eigenvalue weighted by Gasteiger charge is -2.37. The zero-order valence-electron chi connectivity index (χ0n) is 38.6. The largest absolute Gasteiger partial charge is 0.382 e. The summed E-state index contributed by atoms with van der Waals surface area (Å²) in [7, 11) is 0. The molecule has 2 unspecified atom stereocenters. The normalized spacial score (nSPS) is 28.3. The number of rotatable bonds is 8. The van der Waals surface area contributed by atoms with Crippen molar-refractivity contribution >= 4 is 17.7 Å². The minimum Gasteiger partial charge on any atom is -0.382 e. The lowest BCUT2D eigenvalue weighted by molar-refractivity contribution is -0.306. The van der Waals surface area contributed by atoms with E-state index >= 15 is 0 Å². The Kier molecular flexibility index (Phi) is 21.5. The van der Waals surface area contributed by atoms with Crippen molar-refractivity contribution in [2.75, 3.05) is 65.9 Å². The van der Waals surface area contributed by atoms with Crippen LogP contribution in [0.2, 0.25) is 0 Å². The minimum atomic E-state index is -0.800. The number of hydrogen-bond acceptors (Lipinski definition) is 12. The summed E-state index contributed by atoms with van der Waals surface area (Å²) in [5.74, 6) is -0.321. The average molecular weight is 830 g/mol. The highest BCUT2D eigenvalue weighted by Gasteiger charge is 2.47. The zero-order valence-corrected chi connectivity index (χ0v) is 38.6. The topological polar surface area (TPSA) is 169 Å². The smallest absolute Gasteiger partial charge is 0.225 e. The third kappa shape index (κ3) is 20.1. The van der Waals surface area contributed by atoms with Crippen molar-refractivity contribution < 1.29 is 48.0 Å². The molecule has 340 valence electrons. The Morgan fingerprint density at radius 3 is 1.84 bits per heavy atom. The summed E-state index contributed by atoms with van der Waals surface area (Å²) < 4.78 is 30.3. The zero-order chi connectivity index (χ0) is 43.8. The molecule has 0 radical (unpaired) electrons. The quantitative estimate of drug-likeness (QED) is 0.245. The molecule has 15 nitrogen and oxygen atoms in total. The van der Waals surface area contributed by atoms with Crippen molar-refractivity contribution in [3.05, 3.63) is 0 Å². The molecule has 0 saturated carbocycles. The van der Waals surface area contributed by atoms with E-state index < -0.39 is 34.2 Å². The summed E-state index contributed by atoms with van der Waals surface area (Å²) in [6, 6.07) is 0. The number of nitrogens with one attached hydrogen (secondary N) is 3. The molecule has 0 aromatic rings. The van der Waals surface area contributed by atoms with E-state index in [0.717, 1.165) is 0 Å². The van der Waals surface area contributed by atoms with Crippen LogP contribution in [-0.2, 0) is 42.9 Å². The third-order valence-corrected chi connectivity index (χ3v) is 11.4. The van der Waals surface area contributed by atoms with Crippen molar-refractivity contribution in [3.63, 3.8) is 0 Å². The fourth-order valence-corrected chi connectivity index (χ4v) is 6.72. The number of carbonyl (C=O) groups excluding carboxylic acids is 3. The van der Waals surface area contributed by atoms with E-state index in [1.807, 2.05) is 83.1 Å². The lowest BCUT2D eigenvalue weighted by Crippen LogP contribution is -2.51. The Morgan fingerprint density at radius 2 is 1.31 bits per heavy atom. The number of ether oxygens (including phenoxy) is 5. The molecule has 2 saturated heterocycles. The number of hydroxylamine groups is 2. The molecule has 3 amide bonds. The van der Waals surface area contributed by atoms with Gasteiger partial charge in [0, 0.05) is 64.6 Å². The van der Waals surface area contributed by atoms with Gasteiger partial charge < -0.3 is 44.3 Å². The molecule has 2 fully saturated rings. The van der Waals surface area contributed by atoms with Gasteiger partial charge in [0.2, 0.25) is 17.7 Å². The van der Waals surface area contributed by atoms with Crippen LogP contribution in [0.5, 0.6) is 0 Å². The second kappa shape index (κ2) is 23.9. The van der Waals surface area contributed by atoms with Crippen LogP contribution in [0, 0.1) is 11.8 Å². The van der Waals surface area contributed by atoms with Crippen LogP contribution in [0.1, 0.15) is 141 Å². The van der Waals surface area contributed by atoms with Gasteiger partial charge in [0.25, 0.3) is 0 Å². The maximum absolute atomic E-state index is 13.4. The Bertz CT molecular complexity index is 1250. The molecule has 0 aliphatic carbocycles. The number of aliphatic hydroxyl groups excluding tert-OH is 1. The molecular weight excluding hydrogens is 746 g/mol.